The fourth-order valence-corrected chi connectivity index (χ4v) is 5.34. The number of aromatic nitrogens is 3. The number of benzene rings is 1. The highest BCUT2D eigenvalue weighted by molar-refractivity contribution is 5.99. The average Bonchev–Trinajstić information content (AvgIpc) is 3.13. The van der Waals surface area contributed by atoms with Crippen molar-refractivity contribution in [1.82, 2.24) is 24.3 Å². The molecule has 2 aliphatic heterocycles. The van der Waals surface area contributed by atoms with Crippen LogP contribution in [-0.2, 0) is 20.0 Å². The molecule has 1 aromatic carbocycles. The van der Waals surface area contributed by atoms with Crippen molar-refractivity contribution in [2.24, 2.45) is 7.05 Å². The van der Waals surface area contributed by atoms with Gasteiger partial charge >= 0.3 is 0 Å². The smallest absolute Gasteiger partial charge is 0.271 e. The molecule has 0 radical (unpaired) electrons. The number of carbonyl (C=O) groups excluding carboxylic acids is 1. The van der Waals surface area contributed by atoms with Crippen LogP contribution in [0.2, 0.25) is 0 Å². The van der Waals surface area contributed by atoms with E-state index in [1.54, 1.807) is 0 Å². The lowest BCUT2D eigenvalue weighted by molar-refractivity contribution is 0.0589. The van der Waals surface area contributed by atoms with Crippen molar-refractivity contribution in [3.8, 4) is 0 Å². The Morgan fingerprint density at radius 1 is 1.18 bits per heavy atom. The van der Waals surface area contributed by atoms with Gasteiger partial charge in [-0.05, 0) is 58.2 Å². The number of amides is 1. The summed E-state index contributed by atoms with van der Waals surface area (Å²) in [5.41, 5.74) is 4.51. The number of nitrogens with one attached hydrogen (secondary N) is 1. The molecule has 1 amide bonds. The first-order chi connectivity index (χ1) is 15.8. The van der Waals surface area contributed by atoms with Gasteiger partial charge in [0, 0.05) is 50.0 Å². The van der Waals surface area contributed by atoms with Gasteiger partial charge in [0.05, 0.1) is 17.3 Å². The van der Waals surface area contributed by atoms with Crippen molar-refractivity contribution in [3.05, 3.63) is 63.0 Å². The lowest BCUT2D eigenvalue weighted by Crippen LogP contribution is -2.43. The van der Waals surface area contributed by atoms with Crippen molar-refractivity contribution in [2.45, 2.75) is 65.1 Å². The van der Waals surface area contributed by atoms with Gasteiger partial charge in [-0.3, -0.25) is 14.5 Å². The van der Waals surface area contributed by atoms with E-state index in [1.165, 1.54) is 5.56 Å². The predicted molar refractivity (Wildman–Crippen MR) is 129 cm³/mol. The van der Waals surface area contributed by atoms with Crippen LogP contribution in [-0.4, -0.2) is 49.4 Å². The minimum absolute atomic E-state index is 0.00223. The molecule has 7 heteroatoms. The van der Waals surface area contributed by atoms with Gasteiger partial charge in [0.25, 0.3) is 11.5 Å². The van der Waals surface area contributed by atoms with E-state index in [9.17, 15) is 9.59 Å². The van der Waals surface area contributed by atoms with E-state index in [2.05, 4.69) is 48.9 Å². The molecule has 33 heavy (non-hydrogen) atoms. The van der Waals surface area contributed by atoms with E-state index in [4.69, 9.17) is 4.98 Å². The van der Waals surface area contributed by atoms with E-state index >= 15 is 0 Å². The zero-order chi connectivity index (χ0) is 23.3. The third-order valence-corrected chi connectivity index (χ3v) is 7.34. The van der Waals surface area contributed by atoms with E-state index in [0.717, 1.165) is 54.4 Å². The fourth-order valence-electron chi connectivity index (χ4n) is 5.34. The summed E-state index contributed by atoms with van der Waals surface area (Å²) in [7, 11) is 1.95. The summed E-state index contributed by atoms with van der Waals surface area (Å²) < 4.78 is 1.98. The van der Waals surface area contributed by atoms with Crippen LogP contribution in [0.25, 0.3) is 10.9 Å². The molecule has 5 rings (SSSR count). The molecule has 2 aromatic heterocycles. The molecule has 1 atom stereocenters. The molecule has 2 aliphatic rings. The van der Waals surface area contributed by atoms with Gasteiger partial charge in [0.1, 0.15) is 11.5 Å². The largest absolute Gasteiger partial charge is 0.340 e. The Kier molecular flexibility index (Phi) is 5.60. The summed E-state index contributed by atoms with van der Waals surface area (Å²) in [6.45, 7) is 8.59. The molecule has 1 N–H and O–H groups in total. The fraction of sp³-hybridized carbons (Fsp3) is 0.500. The first kappa shape index (κ1) is 21.9. The third kappa shape index (κ3) is 3.88. The van der Waals surface area contributed by atoms with Gasteiger partial charge in [-0.25, -0.2) is 4.98 Å². The van der Waals surface area contributed by atoms with Crippen LogP contribution in [0.15, 0.2) is 29.1 Å². The number of rotatable bonds is 3. The molecule has 1 unspecified atom stereocenters. The first-order valence-corrected chi connectivity index (χ1v) is 12.1. The molecule has 4 heterocycles. The van der Waals surface area contributed by atoms with Crippen molar-refractivity contribution < 1.29 is 4.79 Å². The van der Waals surface area contributed by atoms with Crippen LogP contribution >= 0.6 is 0 Å². The summed E-state index contributed by atoms with van der Waals surface area (Å²) in [6.07, 6.45) is 3.57. The average molecular weight is 448 g/mol. The quantitative estimate of drug-likeness (QED) is 0.664. The minimum Gasteiger partial charge on any atom is -0.340 e. The van der Waals surface area contributed by atoms with E-state index < -0.39 is 0 Å². The second kappa shape index (κ2) is 8.45. The summed E-state index contributed by atoms with van der Waals surface area (Å²) >= 11 is 0. The topological polar surface area (TPSA) is 74.2 Å². The van der Waals surface area contributed by atoms with Crippen LogP contribution < -0.4 is 5.56 Å². The molecule has 174 valence electrons. The van der Waals surface area contributed by atoms with Crippen LogP contribution in [0.3, 0.4) is 0 Å². The summed E-state index contributed by atoms with van der Waals surface area (Å²) in [5.74, 6) is 0.641. The second-order valence-electron chi connectivity index (χ2n) is 9.85. The Hall–Kier alpha value is -2.93. The number of aryl methyl sites for hydroxylation is 2. The van der Waals surface area contributed by atoms with E-state index in [-0.39, 0.29) is 17.5 Å². The monoisotopic (exact) mass is 447 g/mol. The summed E-state index contributed by atoms with van der Waals surface area (Å²) in [6, 6.07) is 8.43. The number of carbonyl (C=O) groups is 1. The van der Waals surface area contributed by atoms with E-state index in [0.29, 0.717) is 30.6 Å². The van der Waals surface area contributed by atoms with Crippen LogP contribution in [0, 0.1) is 6.92 Å². The second-order valence-corrected chi connectivity index (χ2v) is 9.85. The molecule has 0 spiro atoms. The van der Waals surface area contributed by atoms with Crippen molar-refractivity contribution in [3.63, 3.8) is 0 Å². The molecule has 0 bridgehead atoms. The summed E-state index contributed by atoms with van der Waals surface area (Å²) in [5, 5.41) is 1.07. The molecular weight excluding hydrogens is 414 g/mol. The number of hydrogen-bond acceptors (Lipinski definition) is 4. The lowest BCUT2D eigenvalue weighted by atomic mass is 9.99. The molecule has 1 fully saturated rings. The standard InChI is InChI=1S/C26H33N5O2/c1-16(2)30-12-10-20-19(15-30)25(32)28-24(27-20)22-7-5-6-11-31(22)26(33)23-14-18-13-17(3)8-9-21(18)29(23)4/h8-9,13-14,16,22H,5-7,10-12,15H2,1-4H3,(H,27,28,32). The van der Waals surface area contributed by atoms with Gasteiger partial charge in [-0.15, -0.1) is 0 Å². The van der Waals surface area contributed by atoms with Gasteiger partial charge < -0.3 is 14.5 Å². The Morgan fingerprint density at radius 3 is 2.79 bits per heavy atom. The lowest BCUT2D eigenvalue weighted by Gasteiger charge is -2.36. The number of nitrogens with zero attached hydrogens (tertiary/aromatic N) is 4. The zero-order valence-electron chi connectivity index (χ0n) is 20.0. The van der Waals surface area contributed by atoms with Gasteiger partial charge in [0.2, 0.25) is 0 Å². The number of fused-ring (bicyclic) bond motifs is 2. The number of likely N-dealkylation sites (tertiary alicyclic amines) is 1. The highest BCUT2D eigenvalue weighted by Crippen LogP contribution is 2.32. The van der Waals surface area contributed by atoms with Gasteiger partial charge in [0.15, 0.2) is 0 Å². The highest BCUT2D eigenvalue weighted by atomic mass is 16.2. The Bertz CT molecular complexity index is 1270. The normalized spacial score (nSPS) is 19.3. The minimum atomic E-state index is -0.202. The Labute approximate surface area is 194 Å². The maximum absolute atomic E-state index is 13.7. The number of H-pyrrole nitrogens is 1. The molecular formula is C26H33N5O2. The highest BCUT2D eigenvalue weighted by Gasteiger charge is 2.33. The van der Waals surface area contributed by atoms with Crippen LogP contribution in [0.5, 0.6) is 0 Å². The van der Waals surface area contributed by atoms with Crippen molar-refractivity contribution in [2.75, 3.05) is 13.1 Å². The maximum Gasteiger partial charge on any atom is 0.271 e. The third-order valence-electron chi connectivity index (χ3n) is 7.34. The molecule has 1 saturated heterocycles. The van der Waals surface area contributed by atoms with Crippen LogP contribution in [0.4, 0.5) is 0 Å². The SMILES string of the molecule is Cc1ccc2c(c1)cc(C(=O)N1CCCCC1c1nc3c(c(=O)[nH]1)CN(C(C)C)CC3)n2C. The predicted octanol–water partition coefficient (Wildman–Crippen LogP) is 3.70. The van der Waals surface area contributed by atoms with Crippen molar-refractivity contribution in [1.29, 1.82) is 0 Å². The number of piperidine rings is 1. The molecule has 3 aromatic rings. The van der Waals surface area contributed by atoms with Crippen molar-refractivity contribution >= 4 is 16.8 Å². The number of aromatic amines is 1. The van der Waals surface area contributed by atoms with Gasteiger partial charge in [-0.1, -0.05) is 11.6 Å². The van der Waals surface area contributed by atoms with Crippen LogP contribution in [0.1, 0.15) is 72.3 Å². The summed E-state index contributed by atoms with van der Waals surface area (Å²) in [4.78, 5) is 38.9. The Balaban J connectivity index is 1.49. The molecule has 7 nitrogen and oxygen atoms in total. The Morgan fingerprint density at radius 2 is 2.00 bits per heavy atom. The number of hydrogen-bond donors (Lipinski definition) is 1. The first-order valence-electron chi connectivity index (χ1n) is 12.1. The maximum atomic E-state index is 13.7. The zero-order valence-corrected chi connectivity index (χ0v) is 20.0. The van der Waals surface area contributed by atoms with E-state index in [1.807, 2.05) is 22.6 Å². The van der Waals surface area contributed by atoms with Gasteiger partial charge in [-0.2, -0.15) is 0 Å². The molecule has 0 aliphatic carbocycles. The molecule has 0 saturated carbocycles.